The molecule has 0 bridgehead atoms. The van der Waals surface area contributed by atoms with Crippen molar-refractivity contribution < 1.29 is 19.5 Å². The van der Waals surface area contributed by atoms with Crippen LogP contribution in [0.15, 0.2) is 0 Å². The largest absolute Gasteiger partial charge is 0.481 e. The van der Waals surface area contributed by atoms with Gasteiger partial charge in [-0.2, -0.15) is 0 Å². The number of likely N-dealkylation sites (tertiary alicyclic amines) is 1. The Balaban J connectivity index is 2.42. The smallest absolute Gasteiger partial charge is 0.303 e. The van der Waals surface area contributed by atoms with Crippen LogP contribution in [0.3, 0.4) is 0 Å². The Kier molecular flexibility index (Phi) is 7.19. The fraction of sp³-hybridized carbons (Fsp3) is 0.800. The van der Waals surface area contributed by atoms with E-state index < -0.39 is 5.97 Å². The Hall–Kier alpha value is -1.59. The quantitative estimate of drug-likeness (QED) is 0.743. The predicted octanol–water partition coefficient (Wildman–Crippen LogP) is 1.39. The third-order valence-electron chi connectivity index (χ3n) is 3.79. The summed E-state index contributed by atoms with van der Waals surface area (Å²) in [4.78, 5) is 36.4. The Morgan fingerprint density at radius 1 is 1.33 bits per heavy atom. The fourth-order valence-electron chi connectivity index (χ4n) is 2.56. The molecule has 0 saturated carbocycles. The van der Waals surface area contributed by atoms with Crippen LogP contribution in [-0.4, -0.2) is 46.9 Å². The lowest BCUT2D eigenvalue weighted by atomic mass is 9.96. The molecule has 120 valence electrons. The third-order valence-corrected chi connectivity index (χ3v) is 3.79. The van der Waals surface area contributed by atoms with Crippen LogP contribution >= 0.6 is 0 Å². The van der Waals surface area contributed by atoms with Gasteiger partial charge < -0.3 is 15.3 Å². The van der Waals surface area contributed by atoms with Crippen LogP contribution in [0, 0.1) is 5.92 Å². The van der Waals surface area contributed by atoms with Crippen LogP contribution in [-0.2, 0) is 14.4 Å². The first-order chi connectivity index (χ1) is 9.93. The molecule has 2 N–H and O–H groups in total. The molecule has 0 aromatic carbocycles. The highest BCUT2D eigenvalue weighted by molar-refractivity contribution is 5.81. The van der Waals surface area contributed by atoms with Crippen LogP contribution in [0.2, 0.25) is 0 Å². The molecule has 1 aliphatic heterocycles. The summed E-state index contributed by atoms with van der Waals surface area (Å²) in [5, 5.41) is 11.5. The number of hydrogen-bond donors (Lipinski definition) is 2. The van der Waals surface area contributed by atoms with Crippen LogP contribution < -0.4 is 5.32 Å². The molecule has 0 aliphatic carbocycles. The molecule has 0 aromatic rings. The maximum atomic E-state index is 12.2. The summed E-state index contributed by atoms with van der Waals surface area (Å²) in [6.45, 7) is 4.99. The van der Waals surface area contributed by atoms with E-state index in [-0.39, 0.29) is 30.2 Å². The molecule has 1 rings (SSSR count). The molecular formula is C15H26N2O4. The molecule has 1 heterocycles. The van der Waals surface area contributed by atoms with Gasteiger partial charge in [0.25, 0.3) is 0 Å². The number of piperidine rings is 1. The molecule has 21 heavy (non-hydrogen) atoms. The first-order valence-electron chi connectivity index (χ1n) is 7.74. The van der Waals surface area contributed by atoms with Gasteiger partial charge in [0.05, 0.1) is 5.92 Å². The highest BCUT2D eigenvalue weighted by atomic mass is 16.4. The van der Waals surface area contributed by atoms with Crippen LogP contribution in [0.1, 0.15) is 52.4 Å². The van der Waals surface area contributed by atoms with Crippen LogP contribution in [0.5, 0.6) is 0 Å². The predicted molar refractivity (Wildman–Crippen MR) is 78.7 cm³/mol. The molecule has 1 fully saturated rings. The molecule has 2 atom stereocenters. The zero-order valence-corrected chi connectivity index (χ0v) is 12.9. The summed E-state index contributed by atoms with van der Waals surface area (Å²) in [6.07, 6.45) is 3.45. The number of nitrogens with one attached hydrogen (secondary N) is 1. The number of carboxylic acids is 1. The second-order valence-electron chi connectivity index (χ2n) is 5.77. The number of carbonyl (C=O) groups is 3. The first kappa shape index (κ1) is 17.5. The molecule has 1 saturated heterocycles. The monoisotopic (exact) mass is 298 g/mol. The van der Waals surface area contributed by atoms with Gasteiger partial charge in [-0.15, -0.1) is 0 Å². The summed E-state index contributed by atoms with van der Waals surface area (Å²) >= 11 is 0. The SMILES string of the molecule is CCCC(=O)N1CCCC(C(=O)NC(C)CCC(=O)O)C1. The Labute approximate surface area is 125 Å². The highest BCUT2D eigenvalue weighted by Crippen LogP contribution is 2.18. The van der Waals surface area contributed by atoms with E-state index in [4.69, 9.17) is 5.11 Å². The van der Waals surface area contributed by atoms with Crippen molar-refractivity contribution in [1.29, 1.82) is 0 Å². The van der Waals surface area contributed by atoms with Crippen molar-refractivity contribution >= 4 is 17.8 Å². The minimum absolute atomic E-state index is 0.0488. The molecule has 1 aliphatic rings. The van der Waals surface area contributed by atoms with Crippen molar-refractivity contribution in [2.45, 2.75) is 58.4 Å². The van der Waals surface area contributed by atoms with Gasteiger partial charge in [0.2, 0.25) is 11.8 Å². The molecular weight excluding hydrogens is 272 g/mol. The van der Waals surface area contributed by atoms with Crippen LogP contribution in [0.25, 0.3) is 0 Å². The Bertz CT molecular complexity index is 384. The second-order valence-corrected chi connectivity index (χ2v) is 5.77. The highest BCUT2D eigenvalue weighted by Gasteiger charge is 2.28. The van der Waals surface area contributed by atoms with Gasteiger partial charge in [-0.25, -0.2) is 0 Å². The van der Waals surface area contributed by atoms with Crippen molar-refractivity contribution in [1.82, 2.24) is 10.2 Å². The van der Waals surface area contributed by atoms with Gasteiger partial charge in [0.15, 0.2) is 0 Å². The number of aliphatic carboxylic acids is 1. The number of carbonyl (C=O) groups excluding carboxylic acids is 2. The fourth-order valence-corrected chi connectivity index (χ4v) is 2.56. The van der Waals surface area contributed by atoms with Crippen LogP contribution in [0.4, 0.5) is 0 Å². The Morgan fingerprint density at radius 2 is 2.05 bits per heavy atom. The lowest BCUT2D eigenvalue weighted by Crippen LogP contribution is -2.47. The van der Waals surface area contributed by atoms with E-state index in [1.54, 1.807) is 4.90 Å². The number of nitrogens with zero attached hydrogens (tertiary/aromatic N) is 1. The number of amides is 2. The van der Waals surface area contributed by atoms with Crippen molar-refractivity contribution in [2.24, 2.45) is 5.92 Å². The molecule has 6 heteroatoms. The summed E-state index contributed by atoms with van der Waals surface area (Å²) in [5.41, 5.74) is 0. The lowest BCUT2D eigenvalue weighted by molar-refractivity contribution is -0.138. The standard InChI is InChI=1S/C15H26N2O4/c1-3-5-13(18)17-9-4-6-12(10-17)15(21)16-11(2)7-8-14(19)20/h11-12H,3-10H2,1-2H3,(H,16,21)(H,19,20). The van der Waals surface area contributed by atoms with Gasteiger partial charge in [0.1, 0.15) is 0 Å². The van der Waals surface area contributed by atoms with Crippen molar-refractivity contribution in [2.75, 3.05) is 13.1 Å². The normalized spacial score (nSPS) is 19.9. The second kappa shape index (κ2) is 8.64. The van der Waals surface area contributed by atoms with Gasteiger partial charge >= 0.3 is 5.97 Å². The van der Waals surface area contributed by atoms with Gasteiger partial charge in [-0.3, -0.25) is 14.4 Å². The summed E-state index contributed by atoms with van der Waals surface area (Å²) in [5.74, 6) is -0.979. The molecule has 2 unspecified atom stereocenters. The van der Waals surface area contributed by atoms with Gasteiger partial charge in [0, 0.05) is 32.0 Å². The topological polar surface area (TPSA) is 86.7 Å². The van der Waals surface area contributed by atoms with E-state index in [0.717, 1.165) is 25.8 Å². The maximum absolute atomic E-state index is 12.2. The van der Waals surface area contributed by atoms with E-state index in [1.807, 2.05) is 13.8 Å². The molecule has 0 spiro atoms. The summed E-state index contributed by atoms with van der Waals surface area (Å²) < 4.78 is 0. The number of rotatable bonds is 7. The summed E-state index contributed by atoms with van der Waals surface area (Å²) in [7, 11) is 0. The van der Waals surface area contributed by atoms with Crippen molar-refractivity contribution in [3.63, 3.8) is 0 Å². The lowest BCUT2D eigenvalue weighted by Gasteiger charge is -2.32. The average molecular weight is 298 g/mol. The zero-order valence-electron chi connectivity index (χ0n) is 12.9. The Morgan fingerprint density at radius 3 is 2.67 bits per heavy atom. The number of carboxylic acid groups (broad SMARTS) is 1. The first-order valence-corrected chi connectivity index (χ1v) is 7.74. The average Bonchev–Trinajstić information content (AvgIpc) is 2.45. The van der Waals surface area contributed by atoms with Gasteiger partial charge in [-0.05, 0) is 32.6 Å². The zero-order chi connectivity index (χ0) is 15.8. The minimum Gasteiger partial charge on any atom is -0.481 e. The molecule has 0 aromatic heterocycles. The molecule has 0 radical (unpaired) electrons. The third kappa shape index (κ3) is 6.14. The van der Waals surface area contributed by atoms with Gasteiger partial charge in [-0.1, -0.05) is 6.92 Å². The van der Waals surface area contributed by atoms with E-state index in [2.05, 4.69) is 5.32 Å². The summed E-state index contributed by atoms with van der Waals surface area (Å²) in [6, 6.07) is -0.157. The molecule has 6 nitrogen and oxygen atoms in total. The molecule has 2 amide bonds. The number of hydrogen-bond acceptors (Lipinski definition) is 3. The van der Waals surface area contributed by atoms with Crippen molar-refractivity contribution in [3.8, 4) is 0 Å². The van der Waals surface area contributed by atoms with E-state index >= 15 is 0 Å². The van der Waals surface area contributed by atoms with E-state index in [1.165, 1.54) is 0 Å². The minimum atomic E-state index is -0.856. The van der Waals surface area contributed by atoms with E-state index in [9.17, 15) is 14.4 Å². The van der Waals surface area contributed by atoms with Crippen molar-refractivity contribution in [3.05, 3.63) is 0 Å². The van der Waals surface area contributed by atoms with E-state index in [0.29, 0.717) is 19.4 Å². The maximum Gasteiger partial charge on any atom is 0.303 e.